The first-order chi connectivity index (χ1) is 12.2. The van der Waals surface area contributed by atoms with Crippen molar-refractivity contribution in [2.45, 2.75) is 19.9 Å². The van der Waals surface area contributed by atoms with Gasteiger partial charge in [-0.25, -0.2) is 14.6 Å². The quantitative estimate of drug-likeness (QED) is 0.606. The van der Waals surface area contributed by atoms with E-state index in [9.17, 15) is 0 Å². The number of anilines is 1. The second kappa shape index (κ2) is 9.94. The van der Waals surface area contributed by atoms with Gasteiger partial charge < -0.3 is 5.73 Å². The van der Waals surface area contributed by atoms with Crippen LogP contribution in [0.2, 0.25) is 0 Å². The monoisotopic (exact) mass is 385 g/mol. The Morgan fingerprint density at radius 3 is 2.12 bits per heavy atom. The van der Waals surface area contributed by atoms with Gasteiger partial charge in [-0.05, 0) is 77.6 Å². The van der Waals surface area contributed by atoms with Crippen molar-refractivity contribution < 1.29 is 17.1 Å². The first kappa shape index (κ1) is 20.7. The van der Waals surface area contributed by atoms with Crippen LogP contribution in [0.1, 0.15) is 25.6 Å². The average molecular weight is 385 g/mol. The number of nitrogens with two attached hydrogens (primary N) is 1. The van der Waals surface area contributed by atoms with E-state index in [1.54, 1.807) is 0 Å². The number of nitrogens with zero attached hydrogens (tertiary/aromatic N) is 4. The summed E-state index contributed by atoms with van der Waals surface area (Å²) >= 11 is 0. The molecule has 4 rings (SSSR count). The fraction of sp³-hybridized carbons (Fsp3) is 0.150. The van der Waals surface area contributed by atoms with E-state index in [2.05, 4.69) is 26.9 Å². The molecule has 2 heterocycles. The normalized spacial score (nSPS) is 16.7. The Labute approximate surface area is 167 Å². The molecule has 0 aromatic carbocycles. The molecule has 0 aliphatic heterocycles. The zero-order chi connectivity index (χ0) is 17.6. The third-order valence-electron chi connectivity index (χ3n) is 3.55. The number of hydrogen-bond acceptors (Lipinski definition) is 4. The standard InChI is InChI=1S/C15H14N5.C5H5.Fe/c1-10(2)20-15-13(14(16)17-9-18-15)12(19-20)8-7-11-5-3-4-6-11;1-2-4-5-3-1;/h3-6,9-10H,1-2H3,(H2,16,17,18);1-5H;/q;;+2. The van der Waals surface area contributed by atoms with Gasteiger partial charge in [0.15, 0.2) is 5.65 Å². The molecule has 5 nitrogen and oxygen atoms in total. The van der Waals surface area contributed by atoms with Gasteiger partial charge in [0.1, 0.15) is 17.8 Å². The van der Waals surface area contributed by atoms with Crippen LogP contribution in [0.5, 0.6) is 0 Å². The van der Waals surface area contributed by atoms with E-state index in [1.807, 2.05) is 76.3 Å². The van der Waals surface area contributed by atoms with Crippen LogP contribution in [0.15, 0.2) is 6.33 Å². The SMILES string of the molecule is CC(C)n1nc(C#C[C]2[CH][CH][CH][CH]2)c2c(N)ncnc21.[CH]1[CH][CH][CH][CH]1.[Fe+2]. The molecule has 26 heavy (non-hydrogen) atoms. The van der Waals surface area contributed by atoms with Crippen LogP contribution in [0.4, 0.5) is 5.82 Å². The Bertz CT molecular complexity index is 754. The summed E-state index contributed by atoms with van der Waals surface area (Å²) in [5.74, 6) is 7.50. The number of fused-ring (bicyclic) bond motifs is 1. The Balaban J connectivity index is 0.000000351. The maximum Gasteiger partial charge on any atom is 2.00 e. The summed E-state index contributed by atoms with van der Waals surface area (Å²) in [6.45, 7) is 4.08. The summed E-state index contributed by atoms with van der Waals surface area (Å²) in [7, 11) is 0. The summed E-state index contributed by atoms with van der Waals surface area (Å²) in [5, 5.41) is 5.23. The minimum Gasteiger partial charge on any atom is -0.383 e. The van der Waals surface area contributed by atoms with Crippen molar-refractivity contribution in [2.75, 3.05) is 5.73 Å². The summed E-state index contributed by atoms with van der Waals surface area (Å²) in [6, 6.07) is 0.182. The second-order valence-corrected chi connectivity index (χ2v) is 5.73. The molecule has 2 fully saturated rings. The van der Waals surface area contributed by atoms with E-state index < -0.39 is 0 Å². The molecular formula is C20H19FeN5+2. The molecular weight excluding hydrogens is 366 g/mol. The molecule has 130 valence electrons. The van der Waals surface area contributed by atoms with E-state index >= 15 is 0 Å². The molecule has 6 heteroatoms. The van der Waals surface area contributed by atoms with Crippen LogP contribution in [0, 0.1) is 75.5 Å². The first-order valence-electron chi connectivity index (χ1n) is 8.06. The van der Waals surface area contributed by atoms with E-state index in [4.69, 9.17) is 5.73 Å². The number of hydrogen-bond donors (Lipinski definition) is 1. The van der Waals surface area contributed by atoms with Crippen LogP contribution in [-0.4, -0.2) is 19.7 Å². The average Bonchev–Trinajstić information content (AvgIpc) is 3.35. The van der Waals surface area contributed by atoms with Crippen molar-refractivity contribution in [2.24, 2.45) is 0 Å². The summed E-state index contributed by atoms with van der Waals surface area (Å²) < 4.78 is 1.82. The van der Waals surface area contributed by atoms with Crippen molar-refractivity contribution >= 4 is 16.9 Å². The first-order valence-corrected chi connectivity index (χ1v) is 8.06. The van der Waals surface area contributed by atoms with Crippen molar-refractivity contribution in [3.8, 4) is 11.8 Å². The molecule has 0 bridgehead atoms. The molecule has 0 spiro atoms. The molecule has 0 saturated heterocycles. The Kier molecular flexibility index (Phi) is 7.93. The van der Waals surface area contributed by atoms with E-state index in [-0.39, 0.29) is 23.1 Å². The van der Waals surface area contributed by atoms with Crippen LogP contribution >= 0.6 is 0 Å². The number of rotatable bonds is 1. The predicted octanol–water partition coefficient (Wildman–Crippen LogP) is 2.77. The fourth-order valence-corrected chi connectivity index (χ4v) is 2.35. The number of aromatic nitrogens is 4. The molecule has 2 saturated carbocycles. The topological polar surface area (TPSA) is 69.6 Å². The van der Waals surface area contributed by atoms with E-state index in [0.29, 0.717) is 11.5 Å². The van der Waals surface area contributed by atoms with Crippen molar-refractivity contribution in [1.29, 1.82) is 0 Å². The molecule has 2 aliphatic carbocycles. The molecule has 0 amide bonds. The maximum absolute atomic E-state index is 5.95. The molecule has 2 N–H and O–H groups in total. The Hall–Kier alpha value is -1.57. The minimum atomic E-state index is 0. The minimum absolute atomic E-state index is 0. The Morgan fingerprint density at radius 1 is 0.923 bits per heavy atom. The van der Waals surface area contributed by atoms with Crippen LogP contribution < -0.4 is 5.73 Å². The van der Waals surface area contributed by atoms with Crippen molar-refractivity contribution in [3.05, 3.63) is 75.7 Å². The van der Waals surface area contributed by atoms with Gasteiger partial charge in [-0.15, -0.1) is 0 Å². The van der Waals surface area contributed by atoms with Gasteiger partial charge in [-0.2, -0.15) is 5.10 Å². The molecule has 0 unspecified atom stereocenters. The van der Waals surface area contributed by atoms with Crippen LogP contribution in [0.3, 0.4) is 0 Å². The van der Waals surface area contributed by atoms with Gasteiger partial charge in [0, 0.05) is 6.04 Å². The Morgan fingerprint density at radius 2 is 1.54 bits per heavy atom. The zero-order valence-electron chi connectivity index (χ0n) is 14.6. The summed E-state index contributed by atoms with van der Waals surface area (Å²) in [6.07, 6.45) is 19.3. The van der Waals surface area contributed by atoms with Gasteiger partial charge >= 0.3 is 17.1 Å². The fourth-order valence-electron chi connectivity index (χ4n) is 2.35. The summed E-state index contributed by atoms with van der Waals surface area (Å²) in [5.41, 5.74) is 7.29. The van der Waals surface area contributed by atoms with Gasteiger partial charge in [-0.1, -0.05) is 5.92 Å². The van der Waals surface area contributed by atoms with Crippen LogP contribution in [0.25, 0.3) is 11.0 Å². The summed E-state index contributed by atoms with van der Waals surface area (Å²) in [4.78, 5) is 8.30. The van der Waals surface area contributed by atoms with Crippen molar-refractivity contribution in [3.63, 3.8) is 0 Å². The molecule has 2 aromatic rings. The van der Waals surface area contributed by atoms with Crippen molar-refractivity contribution in [1.82, 2.24) is 19.7 Å². The molecule has 2 aliphatic rings. The van der Waals surface area contributed by atoms with Gasteiger partial charge in [-0.3, -0.25) is 0 Å². The predicted molar refractivity (Wildman–Crippen MR) is 98.9 cm³/mol. The number of nitrogen functional groups attached to an aromatic ring is 1. The van der Waals surface area contributed by atoms with Gasteiger partial charge in [0.25, 0.3) is 0 Å². The molecule has 0 atom stereocenters. The third kappa shape index (κ3) is 4.99. The van der Waals surface area contributed by atoms with Gasteiger partial charge in [0.2, 0.25) is 0 Å². The van der Waals surface area contributed by atoms with Gasteiger partial charge in [0.05, 0.1) is 11.3 Å². The van der Waals surface area contributed by atoms with E-state index in [0.717, 1.165) is 17.0 Å². The smallest absolute Gasteiger partial charge is 0.383 e. The van der Waals surface area contributed by atoms with E-state index in [1.165, 1.54) is 6.33 Å². The second-order valence-electron chi connectivity index (χ2n) is 5.73. The molecule has 2 aromatic heterocycles. The maximum atomic E-state index is 5.95. The van der Waals surface area contributed by atoms with Crippen LogP contribution in [-0.2, 0) is 17.1 Å². The zero-order valence-corrected chi connectivity index (χ0v) is 15.7. The molecule has 10 radical (unpaired) electrons. The third-order valence-corrected chi connectivity index (χ3v) is 3.55. The largest absolute Gasteiger partial charge is 2.00 e.